The molecule has 2 N–H and O–H groups in total. The molecule has 3 heterocycles. The van der Waals surface area contributed by atoms with E-state index < -0.39 is 5.91 Å². The number of benzene rings is 4. The molecule has 3 aromatic heterocycles. The molecule has 0 aliphatic rings. The van der Waals surface area contributed by atoms with Crippen molar-refractivity contribution in [1.29, 1.82) is 0 Å². The lowest BCUT2D eigenvalue weighted by atomic mass is 10.0. The first kappa shape index (κ1) is 29.0. The van der Waals surface area contributed by atoms with E-state index in [9.17, 15) is 9.59 Å². The van der Waals surface area contributed by atoms with E-state index in [-0.39, 0.29) is 11.6 Å². The van der Waals surface area contributed by atoms with Crippen molar-refractivity contribution in [3.8, 4) is 44.8 Å². The number of amides is 2. The van der Waals surface area contributed by atoms with E-state index in [2.05, 4.69) is 74.1 Å². The summed E-state index contributed by atoms with van der Waals surface area (Å²) in [5.74, 6) is -0.766. The second-order valence-corrected chi connectivity index (χ2v) is 12.0. The molecule has 0 bridgehead atoms. The largest absolute Gasteiger partial charge is 0.298 e. The van der Waals surface area contributed by atoms with Crippen molar-refractivity contribution < 1.29 is 9.59 Å². The highest BCUT2D eigenvalue weighted by atomic mass is 32.1. The second-order valence-electron chi connectivity index (χ2n) is 10.3. The van der Waals surface area contributed by atoms with Crippen LogP contribution in [0.5, 0.6) is 0 Å². The predicted octanol–water partition coefficient (Wildman–Crippen LogP) is 9.17. The van der Waals surface area contributed by atoms with E-state index in [4.69, 9.17) is 0 Å². The monoisotopic (exact) mass is 635 g/mol. The Morgan fingerprint density at radius 1 is 0.478 bits per heavy atom. The number of rotatable bonds is 8. The van der Waals surface area contributed by atoms with Gasteiger partial charge in [-0.05, 0) is 34.4 Å². The molecule has 0 saturated heterocycles. The summed E-state index contributed by atoms with van der Waals surface area (Å²) in [5.41, 5.74) is 8.50. The van der Waals surface area contributed by atoms with Crippen LogP contribution in [0.2, 0.25) is 0 Å². The van der Waals surface area contributed by atoms with Crippen LogP contribution in [-0.2, 0) is 0 Å². The maximum atomic E-state index is 12.9. The minimum absolute atomic E-state index is 0.177. The number of carbonyl (C=O) groups excluding carboxylic acids is 2. The summed E-state index contributed by atoms with van der Waals surface area (Å²) >= 11 is 2.68. The summed E-state index contributed by atoms with van der Waals surface area (Å²) in [5, 5.41) is 10.4. The van der Waals surface area contributed by atoms with E-state index in [1.807, 2.05) is 71.4 Å². The highest BCUT2D eigenvalue weighted by Gasteiger charge is 2.15. The van der Waals surface area contributed by atoms with Crippen molar-refractivity contribution in [2.24, 2.45) is 0 Å². The Balaban J connectivity index is 0.950. The summed E-state index contributed by atoms with van der Waals surface area (Å²) in [4.78, 5) is 39.1. The van der Waals surface area contributed by atoms with E-state index in [1.165, 1.54) is 34.9 Å². The third-order valence-corrected chi connectivity index (χ3v) is 8.80. The molecule has 7 rings (SSSR count). The van der Waals surface area contributed by atoms with E-state index in [1.54, 1.807) is 6.07 Å². The Kier molecular flexibility index (Phi) is 8.23. The van der Waals surface area contributed by atoms with Gasteiger partial charge in [0.05, 0.1) is 17.0 Å². The molecule has 0 unspecified atom stereocenters. The van der Waals surface area contributed by atoms with Crippen LogP contribution in [0, 0.1) is 0 Å². The molecule has 46 heavy (non-hydrogen) atoms. The number of carbonyl (C=O) groups is 2. The molecule has 9 heteroatoms. The van der Waals surface area contributed by atoms with Crippen molar-refractivity contribution in [3.63, 3.8) is 0 Å². The third-order valence-electron chi connectivity index (χ3n) is 7.28. The van der Waals surface area contributed by atoms with Gasteiger partial charge in [-0.1, -0.05) is 109 Å². The van der Waals surface area contributed by atoms with E-state index >= 15 is 0 Å². The Bertz CT molecular complexity index is 1950. The topological polar surface area (TPSA) is 96.9 Å². The number of aromatic nitrogens is 3. The van der Waals surface area contributed by atoms with Gasteiger partial charge in [-0.15, -0.1) is 22.7 Å². The molecule has 4 aromatic carbocycles. The molecule has 2 amide bonds. The van der Waals surface area contributed by atoms with Crippen molar-refractivity contribution in [1.82, 2.24) is 15.0 Å². The molecular formula is C37H25N5O2S2. The predicted molar refractivity (Wildman–Crippen MR) is 186 cm³/mol. The molecule has 0 fully saturated rings. The smallest absolute Gasteiger partial charge is 0.276 e. The lowest BCUT2D eigenvalue weighted by Crippen LogP contribution is -2.16. The highest BCUT2D eigenvalue weighted by Crippen LogP contribution is 2.29. The van der Waals surface area contributed by atoms with Gasteiger partial charge in [0, 0.05) is 28.1 Å². The average Bonchev–Trinajstić information content (AvgIpc) is 3.79. The van der Waals surface area contributed by atoms with Crippen LogP contribution in [0.15, 0.2) is 138 Å². The zero-order valence-electron chi connectivity index (χ0n) is 24.3. The molecule has 0 radical (unpaired) electrons. The maximum absolute atomic E-state index is 12.9. The van der Waals surface area contributed by atoms with Crippen molar-refractivity contribution in [3.05, 3.63) is 150 Å². The summed E-state index contributed by atoms with van der Waals surface area (Å²) in [6.07, 6.45) is 1.38. The molecule has 7 nitrogen and oxygen atoms in total. The SMILES string of the molecule is O=C(Nc1nc(-c2ccc(-c3ccccc3)cc2)cs1)c1ccc(C(=O)Nc2nc(-c3ccc(-c4ccccc4)cc3)cs2)nc1. The first-order valence-electron chi connectivity index (χ1n) is 14.4. The Labute approximate surface area is 273 Å². The summed E-state index contributed by atoms with van der Waals surface area (Å²) in [6.45, 7) is 0. The first-order chi connectivity index (χ1) is 22.6. The number of nitrogens with one attached hydrogen (secondary N) is 2. The van der Waals surface area contributed by atoms with Crippen molar-refractivity contribution >= 4 is 44.8 Å². The molecule has 0 atom stereocenters. The summed E-state index contributed by atoms with van der Waals surface area (Å²) in [7, 11) is 0. The van der Waals surface area contributed by atoms with Gasteiger partial charge < -0.3 is 0 Å². The Morgan fingerprint density at radius 3 is 1.37 bits per heavy atom. The molecule has 0 spiro atoms. The normalized spacial score (nSPS) is 10.8. The van der Waals surface area contributed by atoms with Gasteiger partial charge in [0.1, 0.15) is 5.69 Å². The molecular weight excluding hydrogens is 611 g/mol. The molecule has 222 valence electrons. The van der Waals surface area contributed by atoms with Crippen LogP contribution in [-0.4, -0.2) is 26.8 Å². The molecule has 0 saturated carbocycles. The van der Waals surface area contributed by atoms with Crippen molar-refractivity contribution in [2.75, 3.05) is 10.6 Å². The van der Waals surface area contributed by atoms with Crippen molar-refractivity contribution in [2.45, 2.75) is 0 Å². The quantitative estimate of drug-likeness (QED) is 0.174. The average molecular weight is 636 g/mol. The van der Waals surface area contributed by atoms with E-state index in [0.717, 1.165) is 44.8 Å². The zero-order chi connectivity index (χ0) is 31.3. The van der Waals surface area contributed by atoms with Gasteiger partial charge in [0.2, 0.25) is 0 Å². The number of thiazole rings is 2. The Morgan fingerprint density at radius 2 is 0.913 bits per heavy atom. The number of anilines is 2. The van der Waals surface area contributed by atoms with Crippen LogP contribution >= 0.6 is 22.7 Å². The molecule has 0 aliphatic heterocycles. The van der Waals surface area contributed by atoms with Gasteiger partial charge in [-0.3, -0.25) is 25.2 Å². The van der Waals surface area contributed by atoms with Gasteiger partial charge >= 0.3 is 0 Å². The van der Waals surface area contributed by atoms with Gasteiger partial charge in [-0.25, -0.2) is 9.97 Å². The number of hydrogen-bond donors (Lipinski definition) is 2. The lowest BCUT2D eigenvalue weighted by Gasteiger charge is -2.04. The van der Waals surface area contributed by atoms with Crippen LogP contribution in [0.3, 0.4) is 0 Å². The fourth-order valence-electron chi connectivity index (χ4n) is 4.85. The van der Waals surface area contributed by atoms with Gasteiger partial charge in [-0.2, -0.15) is 0 Å². The fraction of sp³-hybridized carbons (Fsp3) is 0. The van der Waals surface area contributed by atoms with Gasteiger partial charge in [0.15, 0.2) is 10.3 Å². The molecule has 7 aromatic rings. The fourth-order valence-corrected chi connectivity index (χ4v) is 6.28. The van der Waals surface area contributed by atoms with E-state index in [0.29, 0.717) is 15.8 Å². The van der Waals surface area contributed by atoms with Crippen LogP contribution in [0.1, 0.15) is 20.8 Å². The molecule has 0 aliphatic carbocycles. The van der Waals surface area contributed by atoms with Crippen LogP contribution in [0.25, 0.3) is 44.8 Å². The maximum Gasteiger partial charge on any atom is 0.276 e. The lowest BCUT2D eigenvalue weighted by molar-refractivity contribution is 0.101. The first-order valence-corrected chi connectivity index (χ1v) is 16.2. The summed E-state index contributed by atoms with van der Waals surface area (Å²) < 4.78 is 0. The van der Waals surface area contributed by atoms with Gasteiger partial charge in [0.25, 0.3) is 11.8 Å². The Hall–Kier alpha value is -5.77. The minimum Gasteiger partial charge on any atom is -0.298 e. The second kappa shape index (κ2) is 13.1. The van der Waals surface area contributed by atoms with Crippen LogP contribution in [0.4, 0.5) is 10.3 Å². The van der Waals surface area contributed by atoms with Crippen LogP contribution < -0.4 is 10.6 Å². The number of pyridine rings is 1. The minimum atomic E-state index is -0.407. The third kappa shape index (κ3) is 6.51. The highest BCUT2D eigenvalue weighted by molar-refractivity contribution is 7.14. The zero-order valence-corrected chi connectivity index (χ0v) is 25.9. The summed E-state index contributed by atoms with van der Waals surface area (Å²) in [6, 6.07) is 39.7. The standard InChI is InChI=1S/C37H25N5O2S2/c43-34(41-36-39-32(22-45-36)28-15-11-26(12-16-28)24-7-3-1-4-8-24)30-19-20-31(38-21-30)35(44)42-37-40-33(23-46-37)29-17-13-27(14-18-29)25-9-5-2-6-10-25/h1-23H,(H,39,41,43)(H,40,42,44). The number of hydrogen-bond acceptors (Lipinski definition) is 7. The number of nitrogens with zero attached hydrogens (tertiary/aromatic N) is 3.